The van der Waals surface area contributed by atoms with Crippen molar-refractivity contribution in [2.75, 3.05) is 10.6 Å². The van der Waals surface area contributed by atoms with Gasteiger partial charge in [-0.15, -0.1) is 0 Å². The first kappa shape index (κ1) is 22.2. The first-order valence-corrected chi connectivity index (χ1v) is 11.5. The maximum atomic E-state index is 12.9. The molecule has 2 amide bonds. The fourth-order valence-electron chi connectivity index (χ4n) is 2.85. The second-order valence-electron chi connectivity index (χ2n) is 6.91. The number of carbonyl (C=O) groups excluding carboxylic acids is 1. The lowest BCUT2D eigenvalue weighted by Crippen LogP contribution is -2.19. The van der Waals surface area contributed by atoms with Crippen molar-refractivity contribution in [2.24, 2.45) is 0 Å². The van der Waals surface area contributed by atoms with Crippen LogP contribution in [0.25, 0.3) is 0 Å². The summed E-state index contributed by atoms with van der Waals surface area (Å²) >= 11 is 11.9. The van der Waals surface area contributed by atoms with Crippen molar-refractivity contribution in [3.63, 3.8) is 0 Å². The Balaban J connectivity index is 1.77. The molecule has 0 fully saturated rings. The van der Waals surface area contributed by atoms with Crippen molar-refractivity contribution in [1.82, 2.24) is 0 Å². The molecule has 3 aromatic carbocycles. The number of hydrogen-bond donors (Lipinski definition) is 2. The van der Waals surface area contributed by atoms with Gasteiger partial charge in [-0.3, -0.25) is 0 Å². The molecular weight excluding hydrogens is 443 g/mol. The van der Waals surface area contributed by atoms with Crippen LogP contribution in [0.3, 0.4) is 0 Å². The predicted molar refractivity (Wildman–Crippen MR) is 122 cm³/mol. The molecule has 0 aromatic heterocycles. The Morgan fingerprint density at radius 1 is 0.833 bits per heavy atom. The van der Waals surface area contributed by atoms with E-state index >= 15 is 0 Å². The Labute approximate surface area is 185 Å². The van der Waals surface area contributed by atoms with Crippen LogP contribution in [0.2, 0.25) is 10.0 Å². The van der Waals surface area contributed by atoms with Crippen molar-refractivity contribution in [1.29, 1.82) is 0 Å². The highest BCUT2D eigenvalue weighted by molar-refractivity contribution is 7.90. The summed E-state index contributed by atoms with van der Waals surface area (Å²) in [4.78, 5) is 12.5. The van der Waals surface area contributed by atoms with Gasteiger partial charge in [0.05, 0.1) is 10.6 Å². The molecule has 0 atom stereocenters. The number of nitrogens with one attached hydrogen (secondary N) is 2. The van der Waals surface area contributed by atoms with Crippen molar-refractivity contribution in [3.05, 3.63) is 87.4 Å². The molecule has 30 heavy (non-hydrogen) atoms. The molecule has 2 N–H and O–H groups in total. The van der Waals surface area contributed by atoms with Gasteiger partial charge in [0, 0.05) is 21.4 Å². The van der Waals surface area contributed by atoms with E-state index in [1.165, 1.54) is 6.07 Å². The molecule has 8 heteroatoms. The topological polar surface area (TPSA) is 75.3 Å². The highest BCUT2D eigenvalue weighted by atomic mass is 35.5. The van der Waals surface area contributed by atoms with Crippen molar-refractivity contribution >= 4 is 50.4 Å². The summed E-state index contributed by atoms with van der Waals surface area (Å²) in [5, 5.41) is 6.42. The Morgan fingerprint density at radius 3 is 2.00 bits per heavy atom. The van der Waals surface area contributed by atoms with Crippen molar-refractivity contribution in [2.45, 2.75) is 24.5 Å². The summed E-state index contributed by atoms with van der Waals surface area (Å²) in [6.07, 6.45) is 0. The van der Waals surface area contributed by atoms with Crippen LogP contribution >= 0.6 is 23.2 Å². The number of anilines is 2. The summed E-state index contributed by atoms with van der Waals surface area (Å²) in [7, 11) is -3.62. The first-order chi connectivity index (χ1) is 14.1. The molecule has 3 rings (SSSR count). The minimum absolute atomic E-state index is 0.161. The number of aryl methyl sites for hydroxylation is 2. The SMILES string of the molecule is Cc1ccc(NC(=O)Nc2ccc(C)c(S(=O)(=O)Cc3ccc(Cl)cc3)c2)cc1Cl. The van der Waals surface area contributed by atoms with Gasteiger partial charge in [-0.05, 0) is 66.9 Å². The zero-order valence-electron chi connectivity index (χ0n) is 16.4. The largest absolute Gasteiger partial charge is 0.323 e. The normalized spacial score (nSPS) is 11.2. The maximum Gasteiger partial charge on any atom is 0.323 e. The third kappa shape index (κ3) is 5.53. The standard InChI is InChI=1S/C22H20Cl2N2O3S/c1-14-3-9-18(11-20(14)24)25-22(27)26-19-10-4-15(2)21(12-19)30(28,29)13-16-5-7-17(23)8-6-16/h3-12H,13H2,1-2H3,(H2,25,26,27). The van der Waals surface area contributed by atoms with Crippen LogP contribution in [0.5, 0.6) is 0 Å². The van der Waals surface area contributed by atoms with Crippen LogP contribution in [-0.4, -0.2) is 14.4 Å². The van der Waals surface area contributed by atoms with E-state index < -0.39 is 15.9 Å². The second kappa shape index (κ2) is 9.08. The molecule has 0 aliphatic heterocycles. The molecule has 156 valence electrons. The Morgan fingerprint density at radius 2 is 1.40 bits per heavy atom. The average Bonchev–Trinajstić information content (AvgIpc) is 2.68. The van der Waals surface area contributed by atoms with Gasteiger partial charge >= 0.3 is 6.03 Å². The second-order valence-corrected chi connectivity index (χ2v) is 9.71. The predicted octanol–water partition coefficient (Wildman–Crippen LogP) is 6.23. The Bertz CT molecular complexity index is 1190. The molecule has 0 radical (unpaired) electrons. The Kier molecular flexibility index (Phi) is 6.71. The van der Waals surface area contributed by atoms with Crippen LogP contribution in [0.1, 0.15) is 16.7 Å². The van der Waals surface area contributed by atoms with E-state index in [2.05, 4.69) is 10.6 Å². The quantitative estimate of drug-likeness (QED) is 0.471. The zero-order chi connectivity index (χ0) is 21.9. The van der Waals surface area contributed by atoms with Crippen LogP contribution in [0, 0.1) is 13.8 Å². The lowest BCUT2D eigenvalue weighted by Gasteiger charge is -2.12. The molecule has 0 bridgehead atoms. The van der Waals surface area contributed by atoms with Crippen molar-refractivity contribution < 1.29 is 13.2 Å². The first-order valence-electron chi connectivity index (χ1n) is 9.06. The minimum Gasteiger partial charge on any atom is -0.308 e. The fraction of sp³-hybridized carbons (Fsp3) is 0.136. The third-order valence-corrected chi connectivity index (χ3v) is 6.96. The molecule has 0 heterocycles. The van der Waals surface area contributed by atoms with E-state index in [0.29, 0.717) is 32.5 Å². The number of carbonyl (C=O) groups is 1. The summed E-state index contributed by atoms with van der Waals surface area (Å²) in [6.45, 7) is 3.58. The number of benzene rings is 3. The van der Waals surface area contributed by atoms with Gasteiger partial charge in [-0.1, -0.05) is 47.5 Å². The summed E-state index contributed by atoms with van der Waals surface area (Å²) in [6, 6.07) is 16.1. The smallest absolute Gasteiger partial charge is 0.308 e. The lowest BCUT2D eigenvalue weighted by molar-refractivity contribution is 0.262. The summed E-state index contributed by atoms with van der Waals surface area (Å²) in [5.41, 5.74) is 3.03. The molecule has 0 aliphatic carbocycles. The van der Waals surface area contributed by atoms with Gasteiger partial charge in [-0.2, -0.15) is 0 Å². The van der Waals surface area contributed by atoms with Gasteiger partial charge in [0.25, 0.3) is 0 Å². The van der Waals surface area contributed by atoms with E-state index in [9.17, 15) is 13.2 Å². The number of amides is 2. The molecular formula is C22H20Cl2N2O3S. The van der Waals surface area contributed by atoms with E-state index in [0.717, 1.165) is 5.56 Å². The molecule has 3 aromatic rings. The van der Waals surface area contributed by atoms with E-state index in [4.69, 9.17) is 23.2 Å². The van der Waals surface area contributed by atoms with E-state index in [1.54, 1.807) is 61.5 Å². The number of urea groups is 1. The summed E-state index contributed by atoms with van der Waals surface area (Å²) in [5.74, 6) is -0.164. The average molecular weight is 463 g/mol. The molecule has 0 aliphatic rings. The van der Waals surface area contributed by atoms with Gasteiger partial charge in [-0.25, -0.2) is 13.2 Å². The van der Waals surface area contributed by atoms with Crippen LogP contribution < -0.4 is 10.6 Å². The number of halogens is 2. The third-order valence-electron chi connectivity index (χ3n) is 4.48. The number of rotatable bonds is 5. The number of sulfone groups is 1. The lowest BCUT2D eigenvalue weighted by atomic mass is 10.2. The van der Waals surface area contributed by atoms with E-state index in [-0.39, 0.29) is 10.6 Å². The molecule has 0 unspecified atom stereocenters. The van der Waals surface area contributed by atoms with Gasteiger partial charge in [0.1, 0.15) is 0 Å². The fourth-order valence-corrected chi connectivity index (χ4v) is 4.81. The van der Waals surface area contributed by atoms with Crippen LogP contribution in [0.15, 0.2) is 65.6 Å². The van der Waals surface area contributed by atoms with Gasteiger partial charge in [0.2, 0.25) is 0 Å². The monoisotopic (exact) mass is 462 g/mol. The highest BCUT2D eigenvalue weighted by Gasteiger charge is 2.19. The Hall–Kier alpha value is -2.54. The minimum atomic E-state index is -3.62. The molecule has 0 spiro atoms. The molecule has 5 nitrogen and oxygen atoms in total. The van der Waals surface area contributed by atoms with E-state index in [1.807, 2.05) is 6.92 Å². The summed E-state index contributed by atoms with van der Waals surface area (Å²) < 4.78 is 25.9. The molecule has 0 saturated heterocycles. The van der Waals surface area contributed by atoms with Crippen LogP contribution in [-0.2, 0) is 15.6 Å². The van der Waals surface area contributed by atoms with Crippen LogP contribution in [0.4, 0.5) is 16.2 Å². The molecule has 0 saturated carbocycles. The van der Waals surface area contributed by atoms with Gasteiger partial charge < -0.3 is 10.6 Å². The number of hydrogen-bond acceptors (Lipinski definition) is 3. The highest BCUT2D eigenvalue weighted by Crippen LogP contribution is 2.25. The maximum absolute atomic E-state index is 12.9. The van der Waals surface area contributed by atoms with Crippen molar-refractivity contribution in [3.8, 4) is 0 Å². The van der Waals surface area contributed by atoms with Gasteiger partial charge in [0.15, 0.2) is 9.84 Å². The zero-order valence-corrected chi connectivity index (χ0v) is 18.7.